The number of benzene rings is 1. The second-order valence-electron chi connectivity index (χ2n) is 5.92. The summed E-state index contributed by atoms with van der Waals surface area (Å²) in [6.45, 7) is 2.48. The molecule has 1 aliphatic heterocycles. The second kappa shape index (κ2) is 7.96. The monoisotopic (exact) mass is 366 g/mol. The Balaban J connectivity index is 1.44. The molecule has 4 rings (SSSR count). The molecule has 0 aliphatic carbocycles. The Morgan fingerprint density at radius 1 is 1.07 bits per heavy atom. The van der Waals surface area contributed by atoms with Gasteiger partial charge in [0.05, 0.1) is 13.2 Å². The molecule has 8 nitrogen and oxygen atoms in total. The molecular weight excluding hydrogens is 348 g/mol. The molecule has 3 aromatic rings. The molecular formula is C19H18N4O4. The van der Waals surface area contributed by atoms with Crippen molar-refractivity contribution in [1.29, 1.82) is 0 Å². The van der Waals surface area contributed by atoms with Gasteiger partial charge in [0.1, 0.15) is 11.4 Å². The fourth-order valence-corrected chi connectivity index (χ4v) is 2.80. The van der Waals surface area contributed by atoms with Gasteiger partial charge in [-0.15, -0.1) is 10.2 Å². The van der Waals surface area contributed by atoms with Crippen molar-refractivity contribution >= 4 is 11.8 Å². The zero-order valence-corrected chi connectivity index (χ0v) is 14.6. The van der Waals surface area contributed by atoms with Gasteiger partial charge in [-0.2, -0.15) is 0 Å². The molecule has 0 atom stereocenters. The van der Waals surface area contributed by atoms with Crippen LogP contribution in [0.2, 0.25) is 0 Å². The number of nitrogens with zero attached hydrogens (tertiary/aromatic N) is 4. The highest BCUT2D eigenvalue weighted by molar-refractivity contribution is 5.94. The number of hydrogen-bond acceptors (Lipinski definition) is 8. The molecule has 1 aliphatic rings. The van der Waals surface area contributed by atoms with Crippen LogP contribution in [0.25, 0.3) is 11.5 Å². The average molecular weight is 366 g/mol. The van der Waals surface area contributed by atoms with Crippen molar-refractivity contribution < 1.29 is 18.7 Å². The van der Waals surface area contributed by atoms with Gasteiger partial charge < -0.3 is 18.8 Å². The number of aromatic nitrogens is 3. The molecule has 0 spiro atoms. The number of esters is 1. The van der Waals surface area contributed by atoms with Crippen LogP contribution in [-0.4, -0.2) is 47.5 Å². The van der Waals surface area contributed by atoms with E-state index in [0.717, 1.165) is 5.56 Å². The molecule has 0 unspecified atom stereocenters. The highest BCUT2D eigenvalue weighted by Crippen LogP contribution is 2.21. The van der Waals surface area contributed by atoms with Crippen molar-refractivity contribution in [2.24, 2.45) is 0 Å². The van der Waals surface area contributed by atoms with E-state index < -0.39 is 5.97 Å². The van der Waals surface area contributed by atoms with E-state index in [1.165, 1.54) is 0 Å². The molecule has 8 heteroatoms. The first kappa shape index (κ1) is 17.2. The fraction of sp³-hybridized carbons (Fsp3) is 0.263. The van der Waals surface area contributed by atoms with Crippen LogP contribution in [0.1, 0.15) is 16.2 Å². The van der Waals surface area contributed by atoms with Gasteiger partial charge in [0, 0.05) is 24.8 Å². The van der Waals surface area contributed by atoms with E-state index >= 15 is 0 Å². The smallest absolute Gasteiger partial charge is 0.342 e. The molecule has 0 saturated carbocycles. The lowest BCUT2D eigenvalue weighted by Gasteiger charge is -2.28. The van der Waals surface area contributed by atoms with Crippen LogP contribution in [0, 0.1) is 0 Å². The number of morpholine rings is 1. The molecule has 0 radical (unpaired) electrons. The summed E-state index contributed by atoms with van der Waals surface area (Å²) in [4.78, 5) is 18.9. The number of ether oxygens (including phenoxy) is 2. The van der Waals surface area contributed by atoms with Gasteiger partial charge in [0.25, 0.3) is 5.89 Å². The molecule has 0 bridgehead atoms. The van der Waals surface area contributed by atoms with E-state index in [2.05, 4.69) is 15.2 Å². The predicted molar refractivity (Wildman–Crippen MR) is 96.1 cm³/mol. The molecule has 1 saturated heterocycles. The highest BCUT2D eigenvalue weighted by Gasteiger charge is 2.21. The maximum absolute atomic E-state index is 12.5. The summed E-state index contributed by atoms with van der Waals surface area (Å²) in [5.41, 5.74) is 1.21. The minimum Gasteiger partial charge on any atom is -0.452 e. The first-order valence-corrected chi connectivity index (χ1v) is 8.64. The van der Waals surface area contributed by atoms with Gasteiger partial charge in [-0.3, -0.25) is 0 Å². The van der Waals surface area contributed by atoms with Crippen molar-refractivity contribution in [1.82, 2.24) is 15.2 Å². The van der Waals surface area contributed by atoms with Crippen LogP contribution in [0.15, 0.2) is 53.1 Å². The molecule has 1 fully saturated rings. The Hall–Kier alpha value is -3.26. The van der Waals surface area contributed by atoms with E-state index in [4.69, 9.17) is 13.9 Å². The van der Waals surface area contributed by atoms with Gasteiger partial charge in [0.15, 0.2) is 6.61 Å². The molecule has 0 N–H and O–H groups in total. The van der Waals surface area contributed by atoms with Gasteiger partial charge >= 0.3 is 5.97 Å². The number of anilines is 1. The lowest BCUT2D eigenvalue weighted by Crippen LogP contribution is -2.37. The topological polar surface area (TPSA) is 90.6 Å². The molecule has 0 amide bonds. The summed E-state index contributed by atoms with van der Waals surface area (Å²) in [6.07, 6.45) is 1.66. The lowest BCUT2D eigenvalue weighted by molar-refractivity contribution is 0.0438. The van der Waals surface area contributed by atoms with Gasteiger partial charge in [-0.25, -0.2) is 9.78 Å². The molecule has 2 aromatic heterocycles. The molecule has 138 valence electrons. The summed E-state index contributed by atoms with van der Waals surface area (Å²) in [5.74, 6) is 0.737. The minimum atomic E-state index is -0.482. The van der Waals surface area contributed by atoms with Crippen molar-refractivity contribution in [3.05, 3.63) is 60.1 Å². The van der Waals surface area contributed by atoms with Crippen molar-refractivity contribution in [3.8, 4) is 11.5 Å². The third-order valence-electron chi connectivity index (χ3n) is 4.13. The number of rotatable bonds is 5. The molecule has 27 heavy (non-hydrogen) atoms. The summed E-state index contributed by atoms with van der Waals surface area (Å²) < 4.78 is 16.3. The molecule has 3 heterocycles. The Kier molecular flexibility index (Phi) is 5.06. The quantitative estimate of drug-likeness (QED) is 0.636. The predicted octanol–water partition coefficient (Wildman–Crippen LogP) is 2.33. The summed E-state index contributed by atoms with van der Waals surface area (Å²) in [6, 6.07) is 12.8. The van der Waals surface area contributed by atoms with Crippen molar-refractivity contribution in [2.45, 2.75) is 6.61 Å². The Morgan fingerprint density at radius 3 is 2.70 bits per heavy atom. The number of pyridine rings is 1. The van der Waals surface area contributed by atoms with Crippen LogP contribution in [0.4, 0.5) is 5.82 Å². The maximum atomic E-state index is 12.5. The SMILES string of the molecule is O=C(OCc1nnc(-c2ccccc2)o1)c1cccnc1N1CCOCC1. The van der Waals surface area contributed by atoms with E-state index in [0.29, 0.717) is 43.6 Å². The van der Waals surface area contributed by atoms with E-state index in [1.54, 1.807) is 18.3 Å². The third-order valence-corrected chi connectivity index (χ3v) is 4.13. The fourth-order valence-electron chi connectivity index (χ4n) is 2.80. The van der Waals surface area contributed by atoms with Gasteiger partial charge in [-0.1, -0.05) is 18.2 Å². The van der Waals surface area contributed by atoms with Crippen LogP contribution < -0.4 is 4.90 Å². The summed E-state index contributed by atoms with van der Waals surface area (Å²) in [5, 5.41) is 7.92. The van der Waals surface area contributed by atoms with Crippen LogP contribution >= 0.6 is 0 Å². The normalized spacial score (nSPS) is 14.1. The lowest BCUT2D eigenvalue weighted by atomic mass is 10.2. The Bertz CT molecular complexity index is 907. The van der Waals surface area contributed by atoms with Crippen LogP contribution in [0.5, 0.6) is 0 Å². The number of hydrogen-bond donors (Lipinski definition) is 0. The van der Waals surface area contributed by atoms with Gasteiger partial charge in [-0.05, 0) is 24.3 Å². The second-order valence-corrected chi connectivity index (χ2v) is 5.92. The zero-order chi connectivity index (χ0) is 18.5. The van der Waals surface area contributed by atoms with E-state index in [-0.39, 0.29) is 12.5 Å². The number of carbonyl (C=O) groups excluding carboxylic acids is 1. The maximum Gasteiger partial charge on any atom is 0.342 e. The highest BCUT2D eigenvalue weighted by atomic mass is 16.5. The van der Waals surface area contributed by atoms with Crippen LogP contribution in [-0.2, 0) is 16.1 Å². The van der Waals surface area contributed by atoms with Crippen molar-refractivity contribution in [2.75, 3.05) is 31.2 Å². The summed E-state index contributed by atoms with van der Waals surface area (Å²) in [7, 11) is 0. The standard InChI is InChI=1S/C19H18N4O4/c24-19(15-7-4-8-20-17(15)23-9-11-25-12-10-23)26-13-16-21-22-18(27-16)14-5-2-1-3-6-14/h1-8H,9-13H2. The zero-order valence-electron chi connectivity index (χ0n) is 14.6. The third kappa shape index (κ3) is 3.95. The Labute approximate surface area is 155 Å². The first-order valence-electron chi connectivity index (χ1n) is 8.64. The Morgan fingerprint density at radius 2 is 1.89 bits per heavy atom. The average Bonchev–Trinajstić information content (AvgIpc) is 3.22. The minimum absolute atomic E-state index is 0.101. The molecule has 1 aromatic carbocycles. The van der Waals surface area contributed by atoms with Gasteiger partial charge in [0.2, 0.25) is 5.89 Å². The summed E-state index contributed by atoms with van der Waals surface area (Å²) >= 11 is 0. The largest absolute Gasteiger partial charge is 0.452 e. The number of carbonyl (C=O) groups is 1. The van der Waals surface area contributed by atoms with Crippen LogP contribution in [0.3, 0.4) is 0 Å². The van der Waals surface area contributed by atoms with Crippen molar-refractivity contribution in [3.63, 3.8) is 0 Å². The van der Waals surface area contributed by atoms with E-state index in [9.17, 15) is 4.79 Å². The first-order chi connectivity index (χ1) is 13.3. The van der Waals surface area contributed by atoms with E-state index in [1.807, 2.05) is 35.2 Å².